The van der Waals surface area contributed by atoms with Gasteiger partial charge in [-0.1, -0.05) is 39.8 Å². The topological polar surface area (TPSA) is 23.5 Å². The Bertz CT molecular complexity index is 425. The molecule has 1 rings (SSSR count). The molecule has 0 heterocycles. The number of aliphatic hydroxyl groups excluding tert-OH is 1. The summed E-state index contributed by atoms with van der Waals surface area (Å²) in [6, 6.07) is 5.06. The van der Waals surface area contributed by atoms with Crippen molar-refractivity contribution in [3.8, 4) is 0 Å². The molecule has 1 unspecified atom stereocenters. The standard InChI is InChI=1S/C17H28FNO/c1-6-17(7-2,19(8-3)9-4)16(20)14-11-10-13(5)15(18)12-14/h10-12,16,20H,6-9H2,1-5H3. The van der Waals surface area contributed by atoms with Gasteiger partial charge in [0.1, 0.15) is 5.82 Å². The molecule has 0 aliphatic heterocycles. The van der Waals surface area contributed by atoms with E-state index in [1.165, 1.54) is 6.07 Å². The minimum absolute atomic E-state index is 0.248. The smallest absolute Gasteiger partial charge is 0.126 e. The van der Waals surface area contributed by atoms with Crippen LogP contribution in [0.15, 0.2) is 18.2 Å². The highest BCUT2D eigenvalue weighted by Crippen LogP contribution is 2.37. The fourth-order valence-electron chi connectivity index (χ4n) is 3.20. The Hall–Kier alpha value is -0.930. The number of halogens is 1. The van der Waals surface area contributed by atoms with Crippen LogP contribution >= 0.6 is 0 Å². The maximum absolute atomic E-state index is 13.8. The summed E-state index contributed by atoms with van der Waals surface area (Å²) in [5.74, 6) is -0.248. The van der Waals surface area contributed by atoms with Crippen LogP contribution in [0.2, 0.25) is 0 Å². The molecule has 0 saturated carbocycles. The van der Waals surface area contributed by atoms with Crippen LogP contribution in [0.3, 0.4) is 0 Å². The normalized spacial score (nSPS) is 13.8. The first-order valence-corrected chi connectivity index (χ1v) is 7.65. The van der Waals surface area contributed by atoms with Crippen LogP contribution in [-0.2, 0) is 0 Å². The number of hydrogen-bond acceptors (Lipinski definition) is 2. The molecule has 1 atom stereocenters. The lowest BCUT2D eigenvalue weighted by Crippen LogP contribution is -2.52. The third-order valence-electron chi connectivity index (χ3n) is 4.64. The van der Waals surface area contributed by atoms with E-state index in [9.17, 15) is 9.50 Å². The van der Waals surface area contributed by atoms with E-state index in [1.54, 1.807) is 13.0 Å². The van der Waals surface area contributed by atoms with Crippen LogP contribution in [0.1, 0.15) is 57.8 Å². The minimum Gasteiger partial charge on any atom is -0.386 e. The van der Waals surface area contributed by atoms with Gasteiger partial charge in [0.2, 0.25) is 0 Å². The van der Waals surface area contributed by atoms with Crippen molar-refractivity contribution in [2.75, 3.05) is 13.1 Å². The molecule has 0 bridgehead atoms. The van der Waals surface area contributed by atoms with E-state index in [0.29, 0.717) is 11.1 Å². The zero-order chi connectivity index (χ0) is 15.3. The highest BCUT2D eigenvalue weighted by atomic mass is 19.1. The van der Waals surface area contributed by atoms with Crippen LogP contribution in [0, 0.1) is 12.7 Å². The summed E-state index contributed by atoms with van der Waals surface area (Å²) in [5, 5.41) is 10.9. The van der Waals surface area contributed by atoms with Crippen molar-refractivity contribution < 1.29 is 9.50 Å². The van der Waals surface area contributed by atoms with Crippen molar-refractivity contribution in [3.05, 3.63) is 35.1 Å². The molecule has 0 aromatic heterocycles. The number of benzene rings is 1. The zero-order valence-electron chi connectivity index (χ0n) is 13.4. The van der Waals surface area contributed by atoms with Crippen LogP contribution in [0.25, 0.3) is 0 Å². The maximum atomic E-state index is 13.8. The highest BCUT2D eigenvalue weighted by molar-refractivity contribution is 5.27. The molecule has 20 heavy (non-hydrogen) atoms. The first kappa shape index (κ1) is 17.1. The molecule has 0 spiro atoms. The Morgan fingerprint density at radius 2 is 1.70 bits per heavy atom. The third-order valence-corrected chi connectivity index (χ3v) is 4.64. The van der Waals surface area contributed by atoms with E-state index in [4.69, 9.17) is 0 Å². The van der Waals surface area contributed by atoms with Gasteiger partial charge in [0.25, 0.3) is 0 Å². The lowest BCUT2D eigenvalue weighted by molar-refractivity contribution is -0.0367. The SMILES string of the molecule is CCN(CC)C(CC)(CC)C(O)c1ccc(C)c(F)c1. The van der Waals surface area contributed by atoms with Crippen LogP contribution < -0.4 is 0 Å². The second-order valence-corrected chi connectivity index (χ2v) is 5.39. The molecular weight excluding hydrogens is 253 g/mol. The van der Waals surface area contributed by atoms with Crippen molar-refractivity contribution in [2.24, 2.45) is 0 Å². The van der Waals surface area contributed by atoms with Gasteiger partial charge in [-0.15, -0.1) is 0 Å². The monoisotopic (exact) mass is 281 g/mol. The first-order valence-electron chi connectivity index (χ1n) is 7.65. The number of likely N-dealkylation sites (N-methyl/N-ethyl adjacent to an activating group) is 1. The molecule has 114 valence electrons. The van der Waals surface area contributed by atoms with E-state index >= 15 is 0 Å². The van der Waals surface area contributed by atoms with Gasteiger partial charge in [0, 0.05) is 0 Å². The maximum Gasteiger partial charge on any atom is 0.126 e. The lowest BCUT2D eigenvalue weighted by atomic mass is 9.80. The van der Waals surface area contributed by atoms with Gasteiger partial charge >= 0.3 is 0 Å². The fraction of sp³-hybridized carbons (Fsp3) is 0.647. The molecule has 1 N–H and O–H groups in total. The Balaban J connectivity index is 3.22. The van der Waals surface area contributed by atoms with Crippen molar-refractivity contribution in [1.82, 2.24) is 4.90 Å². The van der Waals surface area contributed by atoms with Crippen LogP contribution in [0.5, 0.6) is 0 Å². The summed E-state index contributed by atoms with van der Waals surface area (Å²) in [7, 11) is 0. The molecule has 0 saturated heterocycles. The van der Waals surface area contributed by atoms with Gasteiger partial charge in [-0.05, 0) is 50.0 Å². The van der Waals surface area contributed by atoms with Gasteiger partial charge in [0.15, 0.2) is 0 Å². The average Bonchev–Trinajstić information content (AvgIpc) is 2.47. The third kappa shape index (κ3) is 3.04. The van der Waals surface area contributed by atoms with Gasteiger partial charge in [-0.2, -0.15) is 0 Å². The predicted molar refractivity (Wildman–Crippen MR) is 82.3 cm³/mol. The minimum atomic E-state index is -0.674. The van der Waals surface area contributed by atoms with Crippen molar-refractivity contribution in [3.63, 3.8) is 0 Å². The number of aryl methyl sites for hydroxylation is 1. The largest absolute Gasteiger partial charge is 0.386 e. The van der Waals surface area contributed by atoms with Crippen molar-refractivity contribution in [1.29, 1.82) is 0 Å². The van der Waals surface area contributed by atoms with E-state index in [1.807, 2.05) is 6.07 Å². The summed E-state index contributed by atoms with van der Waals surface area (Å²) >= 11 is 0. The Labute approximate surface area is 122 Å². The molecule has 1 aromatic rings. The van der Waals surface area contributed by atoms with Crippen LogP contribution in [0.4, 0.5) is 4.39 Å². The molecule has 2 nitrogen and oxygen atoms in total. The van der Waals surface area contributed by atoms with Crippen LogP contribution in [-0.4, -0.2) is 28.6 Å². The number of nitrogens with zero attached hydrogens (tertiary/aromatic N) is 1. The predicted octanol–water partition coefficient (Wildman–Crippen LogP) is 4.07. The number of aliphatic hydroxyl groups is 1. The summed E-state index contributed by atoms with van der Waals surface area (Å²) in [5.41, 5.74) is 0.955. The second kappa shape index (κ2) is 7.19. The lowest BCUT2D eigenvalue weighted by Gasteiger charge is -2.46. The zero-order valence-corrected chi connectivity index (χ0v) is 13.4. The summed E-state index contributed by atoms with van der Waals surface area (Å²) in [6.07, 6.45) is 0.997. The van der Waals surface area contributed by atoms with Crippen molar-refractivity contribution >= 4 is 0 Å². The molecule has 1 aromatic carbocycles. The van der Waals surface area contributed by atoms with Gasteiger partial charge in [-0.25, -0.2) is 4.39 Å². The van der Waals surface area contributed by atoms with E-state index in [2.05, 4.69) is 32.6 Å². The van der Waals surface area contributed by atoms with E-state index in [-0.39, 0.29) is 11.4 Å². The summed E-state index contributed by atoms with van der Waals surface area (Å²) in [6.45, 7) is 11.9. The fourth-order valence-corrected chi connectivity index (χ4v) is 3.20. The molecule has 0 radical (unpaired) electrons. The first-order chi connectivity index (χ1) is 9.46. The Morgan fingerprint density at radius 1 is 1.15 bits per heavy atom. The number of rotatable bonds is 7. The van der Waals surface area contributed by atoms with Gasteiger partial charge in [0.05, 0.1) is 11.6 Å². The number of hydrogen-bond donors (Lipinski definition) is 1. The Kier molecular flexibility index (Phi) is 6.15. The van der Waals surface area contributed by atoms with Crippen molar-refractivity contribution in [2.45, 2.75) is 59.1 Å². The molecule has 0 aliphatic rings. The summed E-state index contributed by atoms with van der Waals surface area (Å²) in [4.78, 5) is 2.29. The van der Waals surface area contributed by atoms with E-state index < -0.39 is 6.10 Å². The highest BCUT2D eigenvalue weighted by Gasteiger charge is 2.39. The Morgan fingerprint density at radius 3 is 2.10 bits per heavy atom. The molecule has 3 heteroatoms. The summed E-state index contributed by atoms with van der Waals surface area (Å²) < 4.78 is 13.8. The van der Waals surface area contributed by atoms with Gasteiger partial charge < -0.3 is 5.11 Å². The second-order valence-electron chi connectivity index (χ2n) is 5.39. The quantitative estimate of drug-likeness (QED) is 0.814. The molecule has 0 aliphatic carbocycles. The molecule has 0 fully saturated rings. The van der Waals surface area contributed by atoms with Gasteiger partial charge in [-0.3, -0.25) is 4.90 Å². The van der Waals surface area contributed by atoms with E-state index in [0.717, 1.165) is 25.9 Å². The average molecular weight is 281 g/mol. The molecular formula is C17H28FNO. The molecule has 0 amide bonds.